The number of nitrogens with one attached hydrogen (secondary N) is 1. The van der Waals surface area contributed by atoms with Gasteiger partial charge in [-0.1, -0.05) is 11.6 Å². The van der Waals surface area contributed by atoms with Gasteiger partial charge in [0.05, 0.1) is 22.3 Å². The van der Waals surface area contributed by atoms with Crippen molar-refractivity contribution >= 4 is 29.2 Å². The summed E-state index contributed by atoms with van der Waals surface area (Å²) in [7, 11) is 0. The van der Waals surface area contributed by atoms with Gasteiger partial charge in [-0.2, -0.15) is 13.2 Å². The van der Waals surface area contributed by atoms with Gasteiger partial charge >= 0.3 is 12.1 Å². The molecule has 0 unspecified atom stereocenters. The molecule has 0 spiro atoms. The molecule has 29 heavy (non-hydrogen) atoms. The number of amides is 1. The number of carbonyl (C=O) groups excluding carboxylic acids is 1. The Morgan fingerprint density at radius 3 is 2.24 bits per heavy atom. The van der Waals surface area contributed by atoms with Gasteiger partial charge in [-0.3, -0.25) is 4.79 Å². The number of benzene rings is 2. The van der Waals surface area contributed by atoms with E-state index in [4.69, 9.17) is 21.4 Å². The van der Waals surface area contributed by atoms with Crippen molar-refractivity contribution in [2.75, 3.05) is 5.32 Å². The van der Waals surface area contributed by atoms with E-state index >= 15 is 0 Å². The molecule has 5 nitrogen and oxygen atoms in total. The van der Waals surface area contributed by atoms with E-state index in [1.54, 1.807) is 0 Å². The van der Waals surface area contributed by atoms with Crippen molar-refractivity contribution < 1.29 is 32.6 Å². The molecule has 0 heterocycles. The van der Waals surface area contributed by atoms with Gasteiger partial charge in [-0.25, -0.2) is 4.79 Å². The molecule has 3 rings (SSSR count). The first-order chi connectivity index (χ1) is 13.6. The maximum Gasteiger partial charge on any atom is 0.420 e. The SMILES string of the molecule is O=C(O)c1ccc(NC(=O)c2cc(Cl)c(OC3CCCC3)c(C(F)(F)F)c2)cc1. The zero-order chi connectivity index (χ0) is 21.2. The second-order valence-corrected chi connectivity index (χ2v) is 7.10. The highest BCUT2D eigenvalue weighted by Crippen LogP contribution is 2.42. The molecule has 1 aliphatic carbocycles. The number of ether oxygens (including phenoxy) is 1. The molecule has 2 aromatic carbocycles. The smallest absolute Gasteiger partial charge is 0.420 e. The molecule has 1 amide bonds. The number of hydrogen-bond donors (Lipinski definition) is 2. The van der Waals surface area contributed by atoms with Crippen LogP contribution in [-0.4, -0.2) is 23.1 Å². The highest BCUT2D eigenvalue weighted by molar-refractivity contribution is 6.32. The normalized spacial score (nSPS) is 14.6. The van der Waals surface area contributed by atoms with Crippen LogP contribution in [0.2, 0.25) is 5.02 Å². The van der Waals surface area contributed by atoms with Crippen LogP contribution >= 0.6 is 11.6 Å². The van der Waals surface area contributed by atoms with E-state index in [1.165, 1.54) is 24.3 Å². The Kier molecular flexibility index (Phi) is 6.02. The summed E-state index contributed by atoms with van der Waals surface area (Å²) in [6, 6.07) is 7.05. The van der Waals surface area contributed by atoms with Crippen LogP contribution in [0.3, 0.4) is 0 Å². The Balaban J connectivity index is 1.87. The highest BCUT2D eigenvalue weighted by Gasteiger charge is 2.37. The fraction of sp³-hybridized carbons (Fsp3) is 0.300. The number of aromatic carboxylic acids is 1. The van der Waals surface area contributed by atoms with Crippen LogP contribution in [0.1, 0.15) is 52.0 Å². The molecule has 2 aromatic rings. The van der Waals surface area contributed by atoms with Crippen molar-refractivity contribution in [3.63, 3.8) is 0 Å². The average Bonchev–Trinajstić information content (AvgIpc) is 3.15. The van der Waals surface area contributed by atoms with Crippen molar-refractivity contribution in [1.82, 2.24) is 0 Å². The van der Waals surface area contributed by atoms with Crippen molar-refractivity contribution in [2.24, 2.45) is 0 Å². The van der Waals surface area contributed by atoms with Gasteiger partial charge in [-0.15, -0.1) is 0 Å². The molecular formula is C20H17ClF3NO4. The van der Waals surface area contributed by atoms with Crippen LogP contribution in [0.5, 0.6) is 5.75 Å². The third-order valence-corrected chi connectivity index (χ3v) is 4.87. The molecule has 1 aliphatic rings. The quantitative estimate of drug-likeness (QED) is 0.648. The Labute approximate surface area is 169 Å². The molecule has 9 heteroatoms. The zero-order valence-electron chi connectivity index (χ0n) is 15.1. The molecule has 0 saturated heterocycles. The second kappa shape index (κ2) is 8.32. The molecule has 0 bridgehead atoms. The number of carbonyl (C=O) groups is 2. The van der Waals surface area contributed by atoms with E-state index < -0.39 is 29.4 Å². The maximum absolute atomic E-state index is 13.6. The summed E-state index contributed by atoms with van der Waals surface area (Å²) in [6.07, 6.45) is -2.02. The average molecular weight is 428 g/mol. The fourth-order valence-corrected chi connectivity index (χ4v) is 3.39. The van der Waals surface area contributed by atoms with E-state index in [2.05, 4.69) is 5.32 Å². The van der Waals surface area contributed by atoms with E-state index in [-0.39, 0.29) is 27.9 Å². The summed E-state index contributed by atoms with van der Waals surface area (Å²) in [6.45, 7) is 0. The number of hydrogen-bond acceptors (Lipinski definition) is 3. The molecule has 0 aliphatic heterocycles. The van der Waals surface area contributed by atoms with Gasteiger partial charge in [0, 0.05) is 11.3 Å². The van der Waals surface area contributed by atoms with Crippen LogP contribution in [0.4, 0.5) is 18.9 Å². The van der Waals surface area contributed by atoms with Crippen LogP contribution in [0.25, 0.3) is 0 Å². The monoisotopic (exact) mass is 427 g/mol. The molecule has 0 radical (unpaired) electrons. The lowest BCUT2D eigenvalue weighted by atomic mass is 10.1. The number of anilines is 1. The van der Waals surface area contributed by atoms with Gasteiger partial charge in [0.25, 0.3) is 5.91 Å². The lowest BCUT2D eigenvalue weighted by Crippen LogP contribution is -2.18. The number of halogens is 4. The molecule has 2 N–H and O–H groups in total. The van der Waals surface area contributed by atoms with Gasteiger partial charge in [0.2, 0.25) is 0 Å². The minimum absolute atomic E-state index is 0.0128. The second-order valence-electron chi connectivity index (χ2n) is 6.69. The Bertz CT molecular complexity index is 923. The summed E-state index contributed by atoms with van der Waals surface area (Å²) >= 11 is 6.05. The van der Waals surface area contributed by atoms with Gasteiger partial charge in [0.1, 0.15) is 0 Å². The summed E-state index contributed by atoms with van der Waals surface area (Å²) in [5.41, 5.74) is -1.15. The number of alkyl halides is 3. The minimum Gasteiger partial charge on any atom is -0.488 e. The standard InChI is InChI=1S/C20H17ClF3NO4/c21-16-10-12(18(26)25-13-7-5-11(6-8-13)19(27)28)9-15(20(22,23)24)17(16)29-14-3-1-2-4-14/h5-10,14H,1-4H2,(H,25,26)(H,27,28). The summed E-state index contributed by atoms with van der Waals surface area (Å²) in [5, 5.41) is 11.0. The first-order valence-electron chi connectivity index (χ1n) is 8.87. The van der Waals surface area contributed by atoms with E-state index in [9.17, 15) is 22.8 Å². The lowest BCUT2D eigenvalue weighted by Gasteiger charge is -2.20. The zero-order valence-corrected chi connectivity index (χ0v) is 15.8. The Morgan fingerprint density at radius 1 is 1.07 bits per heavy atom. The van der Waals surface area contributed by atoms with Crippen LogP contribution < -0.4 is 10.1 Å². The van der Waals surface area contributed by atoms with E-state index in [1.807, 2.05) is 0 Å². The lowest BCUT2D eigenvalue weighted by molar-refractivity contribution is -0.139. The largest absolute Gasteiger partial charge is 0.488 e. The predicted molar refractivity (Wildman–Crippen MR) is 101 cm³/mol. The Hall–Kier alpha value is -2.74. The predicted octanol–water partition coefficient (Wildman–Crippen LogP) is 5.63. The molecule has 1 saturated carbocycles. The molecule has 0 atom stereocenters. The molecule has 1 fully saturated rings. The summed E-state index contributed by atoms with van der Waals surface area (Å²) in [4.78, 5) is 23.3. The van der Waals surface area contributed by atoms with Crippen molar-refractivity contribution in [2.45, 2.75) is 38.0 Å². The molecular weight excluding hydrogens is 411 g/mol. The highest BCUT2D eigenvalue weighted by atomic mass is 35.5. The van der Waals surface area contributed by atoms with E-state index in [0.717, 1.165) is 18.9 Å². The minimum atomic E-state index is -4.75. The number of carboxylic acid groups (broad SMARTS) is 1. The summed E-state index contributed by atoms with van der Waals surface area (Å²) in [5.74, 6) is -2.41. The summed E-state index contributed by atoms with van der Waals surface area (Å²) < 4.78 is 46.2. The Morgan fingerprint density at radius 2 is 1.69 bits per heavy atom. The van der Waals surface area contributed by atoms with Crippen molar-refractivity contribution in [3.05, 3.63) is 58.1 Å². The van der Waals surface area contributed by atoms with Gasteiger partial charge in [0.15, 0.2) is 5.75 Å². The maximum atomic E-state index is 13.6. The van der Waals surface area contributed by atoms with Gasteiger partial charge in [-0.05, 0) is 62.1 Å². The topological polar surface area (TPSA) is 75.6 Å². The third-order valence-electron chi connectivity index (χ3n) is 4.59. The third kappa shape index (κ3) is 5.00. The van der Waals surface area contributed by atoms with E-state index in [0.29, 0.717) is 18.9 Å². The fourth-order valence-electron chi connectivity index (χ4n) is 3.13. The first-order valence-corrected chi connectivity index (χ1v) is 9.25. The van der Waals surface area contributed by atoms with Gasteiger partial charge < -0.3 is 15.2 Å². The number of carboxylic acids is 1. The molecule has 0 aromatic heterocycles. The van der Waals surface area contributed by atoms with Crippen molar-refractivity contribution in [3.8, 4) is 5.75 Å². The van der Waals surface area contributed by atoms with Crippen LogP contribution in [0, 0.1) is 0 Å². The van der Waals surface area contributed by atoms with Crippen LogP contribution in [0.15, 0.2) is 36.4 Å². The van der Waals surface area contributed by atoms with Crippen LogP contribution in [-0.2, 0) is 6.18 Å². The number of rotatable bonds is 5. The molecule has 154 valence electrons. The first kappa shape index (κ1) is 21.0. The van der Waals surface area contributed by atoms with Crippen molar-refractivity contribution in [1.29, 1.82) is 0 Å².